The summed E-state index contributed by atoms with van der Waals surface area (Å²) in [5.41, 5.74) is 2.23. The molecule has 0 aromatic heterocycles. The van der Waals surface area contributed by atoms with Crippen LogP contribution in [0.5, 0.6) is 0 Å². The Hall–Kier alpha value is -2.17. The van der Waals surface area contributed by atoms with Gasteiger partial charge >= 0.3 is 0 Å². The molecule has 2 aromatic carbocycles. The van der Waals surface area contributed by atoms with Gasteiger partial charge in [-0.3, -0.25) is 9.69 Å². The Morgan fingerprint density at radius 3 is 2.12 bits per heavy atom. The van der Waals surface area contributed by atoms with Crippen LogP contribution in [-0.2, 0) is 16.1 Å². The zero-order valence-corrected chi connectivity index (χ0v) is 14.1. The van der Waals surface area contributed by atoms with Gasteiger partial charge in [0, 0.05) is 39.8 Å². The maximum atomic E-state index is 12.8. The van der Waals surface area contributed by atoms with Crippen LogP contribution < -0.4 is 0 Å². The van der Waals surface area contributed by atoms with E-state index in [0.717, 1.165) is 38.3 Å². The molecule has 1 aliphatic rings. The van der Waals surface area contributed by atoms with Crippen molar-refractivity contribution < 1.29 is 9.53 Å². The van der Waals surface area contributed by atoms with Crippen molar-refractivity contribution in [1.82, 2.24) is 9.80 Å². The van der Waals surface area contributed by atoms with Crippen LogP contribution >= 0.6 is 0 Å². The van der Waals surface area contributed by atoms with Gasteiger partial charge in [0.1, 0.15) is 0 Å². The van der Waals surface area contributed by atoms with Gasteiger partial charge in [-0.25, -0.2) is 0 Å². The van der Waals surface area contributed by atoms with Gasteiger partial charge < -0.3 is 9.64 Å². The largest absolute Gasteiger partial charge is 0.367 e. The summed E-state index contributed by atoms with van der Waals surface area (Å²) in [6, 6.07) is 20.2. The third kappa shape index (κ3) is 4.02. The molecule has 3 rings (SSSR count). The highest BCUT2D eigenvalue weighted by atomic mass is 16.5. The quantitative estimate of drug-likeness (QED) is 0.848. The third-order valence-electron chi connectivity index (χ3n) is 4.50. The molecular weight excluding hydrogens is 300 g/mol. The van der Waals surface area contributed by atoms with Crippen LogP contribution in [0.4, 0.5) is 0 Å². The minimum Gasteiger partial charge on any atom is -0.367 e. The van der Waals surface area contributed by atoms with Gasteiger partial charge in [0.25, 0.3) is 5.91 Å². The molecule has 2 aromatic rings. The Labute approximate surface area is 143 Å². The Morgan fingerprint density at radius 2 is 1.54 bits per heavy atom. The lowest BCUT2D eigenvalue weighted by Crippen LogP contribution is -2.49. The highest BCUT2D eigenvalue weighted by molar-refractivity contribution is 5.82. The number of carbonyl (C=O) groups is 1. The summed E-state index contributed by atoms with van der Waals surface area (Å²) >= 11 is 0. The molecule has 0 spiro atoms. The summed E-state index contributed by atoms with van der Waals surface area (Å²) in [7, 11) is 1.60. The summed E-state index contributed by atoms with van der Waals surface area (Å²) in [6.07, 6.45) is -0.508. The molecule has 0 N–H and O–H groups in total. The molecule has 0 radical (unpaired) electrons. The number of rotatable bonds is 5. The predicted molar refractivity (Wildman–Crippen MR) is 94.5 cm³/mol. The predicted octanol–water partition coefficient (Wildman–Crippen LogP) is 2.72. The van der Waals surface area contributed by atoms with Crippen LogP contribution in [0.2, 0.25) is 0 Å². The van der Waals surface area contributed by atoms with Crippen LogP contribution in [0.1, 0.15) is 17.2 Å². The second-order valence-electron chi connectivity index (χ2n) is 6.11. The summed E-state index contributed by atoms with van der Waals surface area (Å²) < 4.78 is 5.47. The smallest absolute Gasteiger partial charge is 0.256 e. The first-order chi connectivity index (χ1) is 11.8. The maximum absolute atomic E-state index is 12.8. The highest BCUT2D eigenvalue weighted by Crippen LogP contribution is 2.20. The zero-order chi connectivity index (χ0) is 16.8. The average Bonchev–Trinajstić information content (AvgIpc) is 2.65. The van der Waals surface area contributed by atoms with E-state index >= 15 is 0 Å². The Bertz CT molecular complexity index is 637. The van der Waals surface area contributed by atoms with Crippen molar-refractivity contribution in [2.75, 3.05) is 33.3 Å². The van der Waals surface area contributed by atoms with Gasteiger partial charge in [-0.05, 0) is 11.1 Å². The van der Waals surface area contributed by atoms with Gasteiger partial charge in [-0.2, -0.15) is 0 Å². The number of methoxy groups -OCH3 is 1. The standard InChI is InChI=1S/C20H24N2O2/c1-24-19(18-10-6-3-7-11-18)20(23)22-14-12-21(13-15-22)16-17-8-4-2-5-9-17/h2-11,19H,12-16H2,1H3/t19-/m1/s1. The number of piperazine rings is 1. The van der Waals surface area contributed by atoms with E-state index in [9.17, 15) is 4.79 Å². The Balaban J connectivity index is 1.56. The summed E-state index contributed by atoms with van der Waals surface area (Å²) in [6.45, 7) is 4.23. The number of hydrogen-bond acceptors (Lipinski definition) is 3. The van der Waals surface area contributed by atoms with Gasteiger partial charge in [-0.15, -0.1) is 0 Å². The molecule has 1 fully saturated rings. The lowest BCUT2D eigenvalue weighted by Gasteiger charge is -2.36. The van der Waals surface area contributed by atoms with E-state index in [0.29, 0.717) is 0 Å². The van der Waals surface area contributed by atoms with E-state index in [2.05, 4.69) is 29.2 Å². The molecule has 0 aliphatic carbocycles. The van der Waals surface area contributed by atoms with Crippen molar-refractivity contribution >= 4 is 5.91 Å². The first kappa shape index (κ1) is 16.7. The lowest BCUT2D eigenvalue weighted by molar-refractivity contribution is -0.144. The fourth-order valence-electron chi connectivity index (χ4n) is 3.14. The zero-order valence-electron chi connectivity index (χ0n) is 14.1. The maximum Gasteiger partial charge on any atom is 0.256 e. The molecule has 126 valence electrons. The molecule has 1 heterocycles. The SMILES string of the molecule is CO[C@@H](C(=O)N1CCN(Cc2ccccc2)CC1)c1ccccc1. The molecular formula is C20H24N2O2. The number of benzene rings is 2. The van der Waals surface area contributed by atoms with Crippen LogP contribution in [0.15, 0.2) is 60.7 Å². The van der Waals surface area contributed by atoms with Gasteiger partial charge in [0.05, 0.1) is 0 Å². The van der Waals surface area contributed by atoms with E-state index in [-0.39, 0.29) is 5.91 Å². The molecule has 4 nitrogen and oxygen atoms in total. The topological polar surface area (TPSA) is 32.8 Å². The van der Waals surface area contributed by atoms with Crippen molar-refractivity contribution in [2.24, 2.45) is 0 Å². The van der Waals surface area contributed by atoms with Gasteiger partial charge in [0.2, 0.25) is 0 Å². The average molecular weight is 324 g/mol. The van der Waals surface area contributed by atoms with E-state index < -0.39 is 6.10 Å². The monoisotopic (exact) mass is 324 g/mol. The fraction of sp³-hybridized carbons (Fsp3) is 0.350. The van der Waals surface area contributed by atoms with Crippen molar-refractivity contribution in [3.8, 4) is 0 Å². The molecule has 24 heavy (non-hydrogen) atoms. The Morgan fingerprint density at radius 1 is 0.958 bits per heavy atom. The fourth-order valence-corrected chi connectivity index (χ4v) is 3.14. The molecule has 1 saturated heterocycles. The number of nitrogens with zero attached hydrogens (tertiary/aromatic N) is 2. The molecule has 4 heteroatoms. The molecule has 0 bridgehead atoms. The molecule has 1 aliphatic heterocycles. The van der Waals surface area contributed by atoms with Crippen LogP contribution in [0.25, 0.3) is 0 Å². The Kier molecular flexibility index (Phi) is 5.62. The van der Waals surface area contributed by atoms with E-state index in [1.165, 1.54) is 5.56 Å². The van der Waals surface area contributed by atoms with E-state index in [1.54, 1.807) is 7.11 Å². The molecule has 0 unspecified atom stereocenters. The number of amides is 1. The molecule has 1 atom stereocenters. The molecule has 0 saturated carbocycles. The molecule has 1 amide bonds. The second-order valence-corrected chi connectivity index (χ2v) is 6.11. The van der Waals surface area contributed by atoms with Crippen molar-refractivity contribution in [1.29, 1.82) is 0 Å². The van der Waals surface area contributed by atoms with Crippen LogP contribution in [-0.4, -0.2) is 49.0 Å². The van der Waals surface area contributed by atoms with Crippen molar-refractivity contribution in [3.05, 3.63) is 71.8 Å². The lowest BCUT2D eigenvalue weighted by atomic mass is 10.1. The van der Waals surface area contributed by atoms with E-state index in [1.807, 2.05) is 41.3 Å². The van der Waals surface area contributed by atoms with Crippen LogP contribution in [0, 0.1) is 0 Å². The minimum absolute atomic E-state index is 0.0584. The number of ether oxygens (including phenoxy) is 1. The number of carbonyl (C=O) groups excluding carboxylic acids is 1. The van der Waals surface area contributed by atoms with Crippen molar-refractivity contribution in [2.45, 2.75) is 12.6 Å². The normalized spacial score (nSPS) is 16.8. The van der Waals surface area contributed by atoms with Crippen LogP contribution in [0.3, 0.4) is 0 Å². The number of hydrogen-bond donors (Lipinski definition) is 0. The first-order valence-corrected chi connectivity index (χ1v) is 8.41. The van der Waals surface area contributed by atoms with Gasteiger partial charge in [-0.1, -0.05) is 60.7 Å². The summed E-state index contributed by atoms with van der Waals surface area (Å²) in [4.78, 5) is 17.1. The first-order valence-electron chi connectivity index (χ1n) is 8.41. The summed E-state index contributed by atoms with van der Waals surface area (Å²) in [5.74, 6) is 0.0584. The summed E-state index contributed by atoms with van der Waals surface area (Å²) in [5, 5.41) is 0. The minimum atomic E-state index is -0.508. The van der Waals surface area contributed by atoms with E-state index in [4.69, 9.17) is 4.74 Å². The third-order valence-corrected chi connectivity index (χ3v) is 4.50. The van der Waals surface area contributed by atoms with Crippen molar-refractivity contribution in [3.63, 3.8) is 0 Å². The highest BCUT2D eigenvalue weighted by Gasteiger charge is 2.28. The van der Waals surface area contributed by atoms with Gasteiger partial charge in [0.15, 0.2) is 6.10 Å². The second kappa shape index (κ2) is 8.08.